The third-order valence-corrected chi connectivity index (χ3v) is 5.05. The standard InChI is InChI=1S/C21H24N6O2/c1-15(19(28)25-20-23-17-9-5-6-10-18(17)24-20)22-21(29)27-13-11-26(12-14-27)16-7-3-2-4-8-16/h2-10,15H,11-14H2,1H3,(H,22,29)(H2,23,24,25,28)/t15-/m1/s1. The van der Waals surface area contributed by atoms with E-state index in [4.69, 9.17) is 0 Å². The Balaban J connectivity index is 1.28. The van der Waals surface area contributed by atoms with Crippen molar-refractivity contribution in [2.75, 3.05) is 36.4 Å². The highest BCUT2D eigenvalue weighted by atomic mass is 16.2. The lowest BCUT2D eigenvalue weighted by atomic mass is 10.2. The molecule has 0 unspecified atom stereocenters. The number of aromatic nitrogens is 2. The molecule has 0 spiro atoms. The Morgan fingerprint density at radius 2 is 1.69 bits per heavy atom. The number of carbonyl (C=O) groups excluding carboxylic acids is 2. The zero-order chi connectivity index (χ0) is 20.2. The summed E-state index contributed by atoms with van der Waals surface area (Å²) in [5.41, 5.74) is 2.78. The molecule has 1 aliphatic heterocycles. The number of anilines is 2. The van der Waals surface area contributed by atoms with Crippen molar-refractivity contribution in [2.45, 2.75) is 13.0 Å². The van der Waals surface area contributed by atoms with Gasteiger partial charge in [0.2, 0.25) is 11.9 Å². The van der Waals surface area contributed by atoms with Crippen LogP contribution >= 0.6 is 0 Å². The van der Waals surface area contributed by atoms with E-state index in [0.717, 1.165) is 29.8 Å². The molecule has 2 heterocycles. The van der Waals surface area contributed by atoms with Crippen LogP contribution in [-0.4, -0.2) is 59.0 Å². The second-order valence-corrected chi connectivity index (χ2v) is 7.07. The lowest BCUT2D eigenvalue weighted by Crippen LogP contribution is -2.54. The molecule has 1 fully saturated rings. The van der Waals surface area contributed by atoms with Crippen molar-refractivity contribution in [2.24, 2.45) is 0 Å². The van der Waals surface area contributed by atoms with E-state index in [-0.39, 0.29) is 11.9 Å². The average Bonchev–Trinajstić information content (AvgIpc) is 3.16. The number of benzene rings is 2. The highest BCUT2D eigenvalue weighted by Crippen LogP contribution is 2.16. The van der Waals surface area contributed by atoms with E-state index >= 15 is 0 Å². The third kappa shape index (κ3) is 4.31. The molecule has 2 aromatic carbocycles. The fraction of sp³-hybridized carbons (Fsp3) is 0.286. The van der Waals surface area contributed by atoms with E-state index in [1.165, 1.54) is 0 Å². The molecule has 0 aliphatic carbocycles. The van der Waals surface area contributed by atoms with Gasteiger partial charge in [-0.15, -0.1) is 0 Å². The highest BCUT2D eigenvalue weighted by Gasteiger charge is 2.24. The molecule has 0 bridgehead atoms. The molecule has 8 heteroatoms. The quantitative estimate of drug-likeness (QED) is 0.636. The van der Waals surface area contributed by atoms with Crippen molar-refractivity contribution in [3.05, 3.63) is 54.6 Å². The predicted molar refractivity (Wildman–Crippen MR) is 113 cm³/mol. The minimum Gasteiger partial charge on any atom is -0.368 e. The van der Waals surface area contributed by atoms with Gasteiger partial charge < -0.3 is 20.1 Å². The summed E-state index contributed by atoms with van der Waals surface area (Å²) in [6.07, 6.45) is 0. The van der Waals surface area contributed by atoms with Gasteiger partial charge in [0, 0.05) is 31.9 Å². The van der Waals surface area contributed by atoms with Crippen molar-refractivity contribution < 1.29 is 9.59 Å². The molecule has 1 saturated heterocycles. The van der Waals surface area contributed by atoms with Crippen LogP contribution in [-0.2, 0) is 4.79 Å². The van der Waals surface area contributed by atoms with E-state index < -0.39 is 6.04 Å². The molecule has 4 rings (SSSR count). The van der Waals surface area contributed by atoms with E-state index in [2.05, 4.69) is 37.6 Å². The van der Waals surface area contributed by atoms with E-state index in [9.17, 15) is 9.59 Å². The summed E-state index contributed by atoms with van der Waals surface area (Å²) in [5.74, 6) is 0.0501. The van der Waals surface area contributed by atoms with Crippen LogP contribution in [0.25, 0.3) is 11.0 Å². The first kappa shape index (κ1) is 18.8. The van der Waals surface area contributed by atoms with E-state index in [1.807, 2.05) is 42.5 Å². The molecule has 1 atom stereocenters. The molecule has 1 aliphatic rings. The Labute approximate surface area is 168 Å². The van der Waals surface area contributed by atoms with Crippen molar-refractivity contribution >= 4 is 34.6 Å². The lowest BCUT2D eigenvalue weighted by molar-refractivity contribution is -0.117. The summed E-state index contributed by atoms with van der Waals surface area (Å²) in [5, 5.41) is 5.49. The number of piperazine rings is 1. The first-order valence-electron chi connectivity index (χ1n) is 9.71. The minimum atomic E-state index is -0.678. The maximum Gasteiger partial charge on any atom is 0.318 e. The summed E-state index contributed by atoms with van der Waals surface area (Å²) in [6.45, 7) is 4.40. The normalized spacial score (nSPS) is 15.2. The molecule has 29 heavy (non-hydrogen) atoms. The number of urea groups is 1. The largest absolute Gasteiger partial charge is 0.368 e. The van der Waals surface area contributed by atoms with E-state index in [1.54, 1.807) is 11.8 Å². The van der Waals surface area contributed by atoms with Crippen LogP contribution in [0.4, 0.5) is 16.4 Å². The third-order valence-electron chi connectivity index (χ3n) is 5.05. The summed E-state index contributed by atoms with van der Waals surface area (Å²) < 4.78 is 0. The van der Waals surface area contributed by atoms with Crippen LogP contribution in [0, 0.1) is 0 Å². The number of nitrogens with one attached hydrogen (secondary N) is 3. The fourth-order valence-electron chi connectivity index (χ4n) is 3.39. The van der Waals surface area contributed by atoms with Crippen molar-refractivity contribution in [3.8, 4) is 0 Å². The average molecular weight is 392 g/mol. The first-order chi connectivity index (χ1) is 14.1. The number of fused-ring (bicyclic) bond motifs is 1. The maximum absolute atomic E-state index is 12.5. The molecule has 3 amide bonds. The first-order valence-corrected chi connectivity index (χ1v) is 9.71. The Morgan fingerprint density at radius 3 is 2.41 bits per heavy atom. The van der Waals surface area contributed by atoms with Crippen molar-refractivity contribution in [3.63, 3.8) is 0 Å². The van der Waals surface area contributed by atoms with Crippen LogP contribution in [0.1, 0.15) is 6.92 Å². The number of rotatable bonds is 4. The van der Waals surface area contributed by atoms with Gasteiger partial charge in [-0.05, 0) is 31.2 Å². The fourth-order valence-corrected chi connectivity index (χ4v) is 3.39. The van der Waals surface area contributed by atoms with Crippen LogP contribution in [0.15, 0.2) is 54.6 Å². The number of carbonyl (C=O) groups is 2. The molecule has 3 aromatic rings. The van der Waals surface area contributed by atoms with Gasteiger partial charge in [0.15, 0.2) is 0 Å². The molecule has 1 aromatic heterocycles. The van der Waals surface area contributed by atoms with E-state index in [0.29, 0.717) is 19.0 Å². The number of hydrogen-bond acceptors (Lipinski definition) is 4. The molecule has 3 N–H and O–H groups in total. The predicted octanol–water partition coefficient (Wildman–Crippen LogP) is 2.42. The van der Waals surface area contributed by atoms with Gasteiger partial charge in [-0.25, -0.2) is 9.78 Å². The molecule has 0 radical (unpaired) electrons. The van der Waals surface area contributed by atoms with Gasteiger partial charge in [0.05, 0.1) is 11.0 Å². The summed E-state index contributed by atoms with van der Waals surface area (Å²) in [7, 11) is 0. The van der Waals surface area contributed by atoms with Crippen molar-refractivity contribution in [1.82, 2.24) is 20.2 Å². The molecule has 0 saturated carbocycles. The zero-order valence-electron chi connectivity index (χ0n) is 16.3. The van der Waals surface area contributed by atoms with Crippen LogP contribution in [0.5, 0.6) is 0 Å². The second kappa shape index (κ2) is 8.22. The van der Waals surface area contributed by atoms with Gasteiger partial charge in [-0.2, -0.15) is 0 Å². The van der Waals surface area contributed by atoms with Gasteiger partial charge in [-0.3, -0.25) is 10.1 Å². The summed E-state index contributed by atoms with van der Waals surface area (Å²) >= 11 is 0. The minimum absolute atomic E-state index is 0.232. The second-order valence-electron chi connectivity index (χ2n) is 7.07. The maximum atomic E-state index is 12.5. The Bertz CT molecular complexity index is 962. The molecule has 150 valence electrons. The summed E-state index contributed by atoms with van der Waals surface area (Å²) in [4.78, 5) is 36.3. The van der Waals surface area contributed by atoms with Gasteiger partial charge in [-0.1, -0.05) is 30.3 Å². The highest BCUT2D eigenvalue weighted by molar-refractivity contribution is 5.96. The number of imidazole rings is 1. The van der Waals surface area contributed by atoms with Gasteiger partial charge in [0.1, 0.15) is 6.04 Å². The number of amides is 3. The van der Waals surface area contributed by atoms with Gasteiger partial charge in [0.25, 0.3) is 0 Å². The smallest absolute Gasteiger partial charge is 0.318 e. The molecular weight excluding hydrogens is 368 g/mol. The topological polar surface area (TPSA) is 93.4 Å². The molecule has 8 nitrogen and oxygen atoms in total. The Hall–Kier alpha value is -3.55. The Kier molecular flexibility index (Phi) is 5.33. The molecular formula is C21H24N6O2. The van der Waals surface area contributed by atoms with Crippen molar-refractivity contribution in [1.29, 1.82) is 0 Å². The Morgan fingerprint density at radius 1 is 1.00 bits per heavy atom. The number of nitrogens with zero attached hydrogens (tertiary/aromatic N) is 3. The number of aromatic amines is 1. The van der Waals surface area contributed by atoms with Crippen LogP contribution in [0.3, 0.4) is 0 Å². The summed E-state index contributed by atoms with van der Waals surface area (Å²) in [6, 6.07) is 16.8. The number of H-pyrrole nitrogens is 1. The monoisotopic (exact) mass is 392 g/mol. The lowest BCUT2D eigenvalue weighted by Gasteiger charge is -2.36. The number of hydrogen-bond donors (Lipinski definition) is 3. The van der Waals surface area contributed by atoms with Crippen LogP contribution in [0.2, 0.25) is 0 Å². The van der Waals surface area contributed by atoms with Gasteiger partial charge >= 0.3 is 6.03 Å². The van der Waals surface area contributed by atoms with Crippen LogP contribution < -0.4 is 15.5 Å². The zero-order valence-corrected chi connectivity index (χ0v) is 16.3. The SMILES string of the molecule is C[C@@H](NC(=O)N1CCN(c2ccccc2)CC1)C(=O)Nc1nc2ccccc2[nH]1. The number of para-hydroxylation sites is 3.